The first-order chi connectivity index (χ1) is 13.2. The number of aryl methyl sites for hydroxylation is 3. The predicted molar refractivity (Wildman–Crippen MR) is 119 cm³/mol. The molecule has 0 aliphatic carbocycles. The molecule has 4 nitrogen and oxygen atoms in total. The molecule has 0 spiro atoms. The summed E-state index contributed by atoms with van der Waals surface area (Å²) in [6.45, 7) is 16.8. The molecular weight excluding hydrogens is 380 g/mol. The summed E-state index contributed by atoms with van der Waals surface area (Å²) in [6.07, 6.45) is 2.69. The van der Waals surface area contributed by atoms with Gasteiger partial charge >= 0.3 is 0 Å². The number of aliphatic hydroxyl groups excluding tert-OH is 1. The highest BCUT2D eigenvalue weighted by Crippen LogP contribution is 2.37. The van der Waals surface area contributed by atoms with E-state index < -0.39 is 32.2 Å². The van der Waals surface area contributed by atoms with Gasteiger partial charge in [-0.25, -0.2) is 0 Å². The summed E-state index contributed by atoms with van der Waals surface area (Å²) in [7, 11) is -1.96. The molecule has 1 fully saturated rings. The summed E-state index contributed by atoms with van der Waals surface area (Å²) in [6, 6.07) is 4.13. The fraction of sp³-hybridized carbons (Fsp3) is 0.583. The number of hydrogen-bond acceptors (Lipinski definition) is 4. The molecule has 2 rings (SSSR count). The minimum absolute atomic E-state index is 0.0343. The molecule has 0 aromatic heterocycles. The molecule has 0 unspecified atom stereocenters. The molecule has 0 amide bonds. The molecule has 1 saturated heterocycles. The second-order valence-electron chi connectivity index (χ2n) is 9.62. The monoisotopic (exact) mass is 414 g/mol. The van der Waals surface area contributed by atoms with Gasteiger partial charge < -0.3 is 19.7 Å². The number of ether oxygens (including phenoxy) is 2. The van der Waals surface area contributed by atoms with Crippen LogP contribution in [0.15, 0.2) is 12.1 Å². The number of aliphatic hydroxyl groups is 2. The van der Waals surface area contributed by atoms with Gasteiger partial charge in [0.2, 0.25) is 0 Å². The lowest BCUT2D eigenvalue weighted by Crippen LogP contribution is -2.52. The van der Waals surface area contributed by atoms with Crippen molar-refractivity contribution < 1.29 is 19.7 Å². The van der Waals surface area contributed by atoms with Crippen LogP contribution in [0.5, 0.6) is 0 Å². The summed E-state index contributed by atoms with van der Waals surface area (Å²) in [5, 5.41) is 21.8. The van der Waals surface area contributed by atoms with Crippen LogP contribution in [-0.2, 0) is 9.47 Å². The highest BCUT2D eigenvalue weighted by Gasteiger charge is 2.48. The quantitative estimate of drug-likeness (QED) is 0.583. The maximum atomic E-state index is 11.1. The van der Waals surface area contributed by atoms with Crippen LogP contribution in [0.2, 0.25) is 18.1 Å². The molecule has 0 saturated carbocycles. The van der Waals surface area contributed by atoms with Crippen molar-refractivity contribution in [1.82, 2.24) is 0 Å². The van der Waals surface area contributed by atoms with E-state index in [0.29, 0.717) is 0 Å². The minimum Gasteiger partial charge on any atom is -0.376 e. The summed E-state index contributed by atoms with van der Waals surface area (Å²) >= 11 is 0. The van der Waals surface area contributed by atoms with E-state index in [-0.39, 0.29) is 11.6 Å². The lowest BCUT2D eigenvalue weighted by Gasteiger charge is -2.33. The molecule has 29 heavy (non-hydrogen) atoms. The Balaban J connectivity index is 2.26. The molecule has 1 heterocycles. The van der Waals surface area contributed by atoms with Crippen molar-refractivity contribution in [3.63, 3.8) is 0 Å². The van der Waals surface area contributed by atoms with E-state index in [9.17, 15) is 10.2 Å². The zero-order chi connectivity index (χ0) is 22.2. The standard InChI is InChI=1S/C24H34O4Si/c1-10-24(26,19(25)11-12-29(8,9)23(5,6)7)20-15-27-22(28-20)21-17(3)13-16(2)14-18(21)4/h1,13-14,19-20,22,25-26H,15H2,2-9H3/t19-,20+,22-,24-/m1/s1. The van der Waals surface area contributed by atoms with E-state index in [2.05, 4.69) is 63.4 Å². The van der Waals surface area contributed by atoms with Crippen LogP contribution in [0.1, 0.15) is 49.3 Å². The largest absolute Gasteiger partial charge is 0.376 e. The van der Waals surface area contributed by atoms with E-state index in [4.69, 9.17) is 15.9 Å². The maximum absolute atomic E-state index is 11.1. The van der Waals surface area contributed by atoms with Gasteiger partial charge in [0.15, 0.2) is 18.0 Å². The van der Waals surface area contributed by atoms with Crippen molar-refractivity contribution in [2.45, 2.75) is 83.8 Å². The third-order valence-electron chi connectivity index (χ3n) is 6.20. The van der Waals surface area contributed by atoms with Crippen LogP contribution < -0.4 is 0 Å². The molecule has 158 valence electrons. The number of benzene rings is 1. The highest BCUT2D eigenvalue weighted by atomic mass is 28.3. The lowest BCUT2D eigenvalue weighted by molar-refractivity contribution is -0.125. The van der Waals surface area contributed by atoms with Gasteiger partial charge in [-0.3, -0.25) is 0 Å². The Morgan fingerprint density at radius 1 is 1.17 bits per heavy atom. The predicted octanol–water partition coefficient (Wildman–Crippen LogP) is 3.80. The van der Waals surface area contributed by atoms with Crippen LogP contribution in [0.4, 0.5) is 0 Å². The molecule has 0 bridgehead atoms. The zero-order valence-corrected chi connectivity index (χ0v) is 19.9. The van der Waals surface area contributed by atoms with Crippen LogP contribution in [0.3, 0.4) is 0 Å². The van der Waals surface area contributed by atoms with Crippen molar-refractivity contribution in [1.29, 1.82) is 0 Å². The number of terminal acetylenes is 1. The molecule has 5 heteroatoms. The average Bonchev–Trinajstić information content (AvgIpc) is 3.07. The second kappa shape index (κ2) is 8.26. The van der Waals surface area contributed by atoms with Gasteiger partial charge in [-0.2, -0.15) is 0 Å². The number of hydrogen-bond donors (Lipinski definition) is 2. The topological polar surface area (TPSA) is 58.9 Å². The van der Waals surface area contributed by atoms with Crippen molar-refractivity contribution in [3.05, 3.63) is 34.4 Å². The van der Waals surface area contributed by atoms with Gasteiger partial charge in [-0.15, -0.1) is 12.0 Å². The first kappa shape index (κ1) is 23.7. The third kappa shape index (κ3) is 4.77. The summed E-state index contributed by atoms with van der Waals surface area (Å²) < 4.78 is 11.8. The van der Waals surface area contributed by atoms with Gasteiger partial charge in [-0.1, -0.05) is 63.4 Å². The van der Waals surface area contributed by atoms with Crippen molar-refractivity contribution >= 4 is 8.07 Å². The average molecular weight is 415 g/mol. The van der Waals surface area contributed by atoms with Gasteiger partial charge in [0, 0.05) is 5.56 Å². The van der Waals surface area contributed by atoms with Crippen LogP contribution in [0, 0.1) is 44.6 Å². The highest BCUT2D eigenvalue weighted by molar-refractivity contribution is 6.87. The Morgan fingerprint density at radius 3 is 2.21 bits per heavy atom. The second-order valence-corrected chi connectivity index (χ2v) is 14.6. The fourth-order valence-electron chi connectivity index (χ4n) is 3.24. The first-order valence-corrected chi connectivity index (χ1v) is 13.0. The fourth-order valence-corrected chi connectivity index (χ4v) is 4.11. The van der Waals surface area contributed by atoms with Crippen molar-refractivity contribution in [2.75, 3.05) is 6.61 Å². The van der Waals surface area contributed by atoms with E-state index in [1.807, 2.05) is 20.8 Å². The lowest BCUT2D eigenvalue weighted by atomic mass is 9.91. The van der Waals surface area contributed by atoms with Crippen molar-refractivity contribution in [2.24, 2.45) is 0 Å². The van der Waals surface area contributed by atoms with Crippen molar-refractivity contribution in [3.8, 4) is 23.8 Å². The molecule has 1 aliphatic rings. The Kier molecular flexibility index (Phi) is 6.74. The Bertz CT molecular complexity index is 843. The SMILES string of the molecule is C#C[C@@](O)([C@H](O)C#C[Si](C)(C)C(C)(C)C)[C@@H]1CO[C@@H](c2c(C)cc(C)cc2C)O1. The first-order valence-electron chi connectivity index (χ1n) is 9.98. The van der Waals surface area contributed by atoms with Gasteiger partial charge in [0.1, 0.15) is 14.2 Å². The van der Waals surface area contributed by atoms with Gasteiger partial charge in [0.05, 0.1) is 6.61 Å². The summed E-state index contributed by atoms with van der Waals surface area (Å²) in [5.74, 6) is 5.14. The van der Waals surface area contributed by atoms with Gasteiger partial charge in [0.25, 0.3) is 0 Å². The summed E-state index contributed by atoms with van der Waals surface area (Å²) in [4.78, 5) is 0. The third-order valence-corrected chi connectivity index (χ3v) is 10.7. The number of rotatable bonds is 3. The Labute approximate surface area is 176 Å². The van der Waals surface area contributed by atoms with E-state index in [1.165, 1.54) is 0 Å². The van der Waals surface area contributed by atoms with Crippen LogP contribution in [-0.4, -0.2) is 42.7 Å². The molecule has 1 aromatic carbocycles. The molecule has 1 aromatic rings. The summed E-state index contributed by atoms with van der Waals surface area (Å²) in [5.41, 5.74) is 5.46. The molecule has 0 radical (unpaired) electrons. The molecule has 1 aliphatic heterocycles. The minimum atomic E-state index is -1.96. The molecular formula is C24H34O4Si. The van der Waals surface area contributed by atoms with Crippen LogP contribution in [0.25, 0.3) is 0 Å². The smallest absolute Gasteiger partial charge is 0.190 e. The maximum Gasteiger partial charge on any atom is 0.190 e. The molecule has 2 N–H and O–H groups in total. The van der Waals surface area contributed by atoms with Crippen LogP contribution >= 0.6 is 0 Å². The normalized spacial score (nSPS) is 22.9. The van der Waals surface area contributed by atoms with Gasteiger partial charge in [-0.05, 0) is 36.9 Å². The van der Waals surface area contributed by atoms with E-state index in [0.717, 1.165) is 22.3 Å². The zero-order valence-electron chi connectivity index (χ0n) is 18.9. The van der Waals surface area contributed by atoms with E-state index >= 15 is 0 Å². The Morgan fingerprint density at radius 2 is 1.72 bits per heavy atom. The van der Waals surface area contributed by atoms with E-state index in [1.54, 1.807) is 0 Å². The Hall–Kier alpha value is -1.60. The molecule has 4 atom stereocenters.